The maximum absolute atomic E-state index is 12.8. The van der Waals surface area contributed by atoms with Gasteiger partial charge in [-0.15, -0.1) is 0 Å². The predicted molar refractivity (Wildman–Crippen MR) is 105 cm³/mol. The number of carbonyl (C=O) groups is 1. The number of ether oxygens (including phenoxy) is 2. The molecule has 0 N–H and O–H groups in total. The van der Waals surface area contributed by atoms with E-state index in [1.807, 2.05) is 0 Å². The molecule has 0 spiro atoms. The number of amides is 1. The lowest BCUT2D eigenvalue weighted by Gasteiger charge is -2.14. The van der Waals surface area contributed by atoms with Gasteiger partial charge in [0.2, 0.25) is 0 Å². The molecule has 0 radical (unpaired) electrons. The monoisotopic (exact) mass is 403 g/mol. The van der Waals surface area contributed by atoms with Crippen LogP contribution in [0.25, 0.3) is 6.08 Å². The van der Waals surface area contributed by atoms with Gasteiger partial charge in [-0.3, -0.25) is 19.8 Å². The number of nitrogens with zero attached hydrogens (tertiary/aromatic N) is 3. The lowest BCUT2D eigenvalue weighted by atomic mass is 10.3. The Balaban J connectivity index is 1.89. The third-order valence-corrected chi connectivity index (χ3v) is 4.78. The number of rotatable bonds is 7. The maximum atomic E-state index is 12.8. The Bertz CT molecular complexity index is 935. The third kappa shape index (κ3) is 4.41. The summed E-state index contributed by atoms with van der Waals surface area (Å²) in [5, 5.41) is 11.2. The highest BCUT2D eigenvalue weighted by Crippen LogP contribution is 2.34. The van der Waals surface area contributed by atoms with Crippen LogP contribution < -0.4 is 4.74 Å². The van der Waals surface area contributed by atoms with Gasteiger partial charge in [-0.2, -0.15) is 0 Å². The average molecular weight is 403 g/mol. The summed E-state index contributed by atoms with van der Waals surface area (Å²) in [5.41, 5.74) is 0.661. The molecule has 1 amide bonds. The molecule has 10 heteroatoms. The highest BCUT2D eigenvalue weighted by atomic mass is 32.2. The number of thioether (sulfide) groups is 1. The van der Waals surface area contributed by atoms with E-state index in [1.165, 1.54) is 34.9 Å². The van der Waals surface area contributed by atoms with E-state index in [2.05, 4.69) is 4.99 Å². The van der Waals surface area contributed by atoms with Gasteiger partial charge in [-0.1, -0.05) is 0 Å². The van der Waals surface area contributed by atoms with E-state index in [0.717, 1.165) is 0 Å². The average Bonchev–Trinajstić information content (AvgIpc) is 3.27. The van der Waals surface area contributed by atoms with Gasteiger partial charge in [0.15, 0.2) is 5.17 Å². The van der Waals surface area contributed by atoms with Crippen molar-refractivity contribution in [2.75, 3.05) is 27.4 Å². The fourth-order valence-electron chi connectivity index (χ4n) is 2.39. The second-order valence-electron chi connectivity index (χ2n) is 5.59. The molecule has 0 atom stereocenters. The minimum Gasteiger partial charge on any atom is -0.497 e. The summed E-state index contributed by atoms with van der Waals surface area (Å²) in [4.78, 5) is 29.3. The number of amidine groups is 1. The minimum atomic E-state index is -0.632. The number of benzene rings is 1. The Hall–Kier alpha value is -3.11. The Morgan fingerprint density at radius 1 is 1.25 bits per heavy atom. The Labute approximate surface area is 164 Å². The molecule has 0 saturated carbocycles. The van der Waals surface area contributed by atoms with Crippen molar-refractivity contribution in [1.82, 2.24) is 4.90 Å². The second kappa shape index (κ2) is 8.72. The molecule has 1 aliphatic heterocycles. The lowest BCUT2D eigenvalue weighted by molar-refractivity contribution is -0.402. The zero-order valence-corrected chi connectivity index (χ0v) is 16.0. The summed E-state index contributed by atoms with van der Waals surface area (Å²) in [7, 11) is 3.13. The highest BCUT2D eigenvalue weighted by molar-refractivity contribution is 8.18. The topological polar surface area (TPSA) is 107 Å². The Kier molecular flexibility index (Phi) is 6.12. The van der Waals surface area contributed by atoms with Crippen molar-refractivity contribution in [3.63, 3.8) is 0 Å². The normalized spacial score (nSPS) is 16.9. The van der Waals surface area contributed by atoms with Crippen molar-refractivity contribution in [1.29, 1.82) is 0 Å². The minimum absolute atomic E-state index is 0.222. The van der Waals surface area contributed by atoms with Crippen molar-refractivity contribution >= 4 is 40.5 Å². The summed E-state index contributed by atoms with van der Waals surface area (Å²) in [6, 6.07) is 9.80. The summed E-state index contributed by atoms with van der Waals surface area (Å²) in [5.74, 6) is 0.273. The first-order valence-corrected chi connectivity index (χ1v) is 9.01. The van der Waals surface area contributed by atoms with Crippen LogP contribution in [0.3, 0.4) is 0 Å². The summed E-state index contributed by atoms with van der Waals surface area (Å²) in [6.45, 7) is 0.667. The van der Waals surface area contributed by atoms with Crippen LogP contribution in [0.2, 0.25) is 0 Å². The van der Waals surface area contributed by atoms with Gasteiger partial charge in [-0.25, -0.2) is 4.99 Å². The van der Waals surface area contributed by atoms with Gasteiger partial charge in [-0.05, 0) is 42.1 Å². The van der Waals surface area contributed by atoms with Gasteiger partial charge in [0, 0.05) is 13.2 Å². The molecule has 28 heavy (non-hydrogen) atoms. The van der Waals surface area contributed by atoms with Crippen molar-refractivity contribution in [3.05, 3.63) is 57.2 Å². The molecule has 9 nitrogen and oxygen atoms in total. The van der Waals surface area contributed by atoms with E-state index >= 15 is 0 Å². The van der Waals surface area contributed by atoms with Crippen LogP contribution in [0.1, 0.15) is 5.76 Å². The molecule has 1 aromatic carbocycles. The first-order valence-electron chi connectivity index (χ1n) is 8.19. The van der Waals surface area contributed by atoms with Crippen LogP contribution in [-0.2, 0) is 9.53 Å². The van der Waals surface area contributed by atoms with Crippen LogP contribution in [0.5, 0.6) is 5.75 Å². The fraction of sp³-hybridized carbons (Fsp3) is 0.222. The molecule has 1 aromatic heterocycles. The maximum Gasteiger partial charge on any atom is 0.433 e. The van der Waals surface area contributed by atoms with Gasteiger partial charge < -0.3 is 13.9 Å². The van der Waals surface area contributed by atoms with Gasteiger partial charge in [0.25, 0.3) is 5.91 Å². The van der Waals surface area contributed by atoms with E-state index in [4.69, 9.17) is 13.9 Å². The number of hydrogen-bond acceptors (Lipinski definition) is 8. The standard InChI is InChI=1S/C18H17N3O6S/c1-25-10-9-20-17(22)15(11-14-7-8-16(27-14)21(23)24)28-18(20)19-12-3-5-13(26-2)6-4-12/h3-8,11H,9-10H2,1-2H3/b15-11-,19-18?. The number of furan rings is 1. The van der Waals surface area contributed by atoms with E-state index < -0.39 is 4.92 Å². The Morgan fingerprint density at radius 3 is 2.61 bits per heavy atom. The van der Waals surface area contributed by atoms with Crippen molar-refractivity contribution in [2.45, 2.75) is 0 Å². The number of hydrogen-bond donors (Lipinski definition) is 0. The fourth-order valence-corrected chi connectivity index (χ4v) is 3.39. The summed E-state index contributed by atoms with van der Waals surface area (Å²) in [6.07, 6.45) is 1.47. The van der Waals surface area contributed by atoms with Crippen LogP contribution in [0.4, 0.5) is 11.6 Å². The highest BCUT2D eigenvalue weighted by Gasteiger charge is 2.33. The molecular weight excluding hydrogens is 386 g/mol. The predicted octanol–water partition coefficient (Wildman–Crippen LogP) is 3.45. The number of nitro groups is 1. The van der Waals surface area contributed by atoms with Crippen molar-refractivity contribution in [2.24, 2.45) is 4.99 Å². The largest absolute Gasteiger partial charge is 0.497 e. The first kappa shape index (κ1) is 19.6. The number of methoxy groups -OCH3 is 2. The molecule has 0 bridgehead atoms. The Morgan fingerprint density at radius 2 is 2.00 bits per heavy atom. The molecule has 1 saturated heterocycles. The summed E-state index contributed by atoms with van der Waals surface area (Å²) >= 11 is 1.17. The molecule has 0 unspecified atom stereocenters. The second-order valence-corrected chi connectivity index (χ2v) is 6.59. The number of carbonyl (C=O) groups excluding carboxylic acids is 1. The first-order chi connectivity index (χ1) is 13.5. The zero-order chi connectivity index (χ0) is 20.1. The van der Waals surface area contributed by atoms with Crippen LogP contribution in [0, 0.1) is 10.1 Å². The molecule has 146 valence electrons. The van der Waals surface area contributed by atoms with Crippen LogP contribution >= 0.6 is 11.8 Å². The van der Waals surface area contributed by atoms with E-state index in [-0.39, 0.29) is 17.6 Å². The molecule has 2 aromatic rings. The summed E-state index contributed by atoms with van der Waals surface area (Å²) < 4.78 is 15.3. The van der Waals surface area contributed by atoms with Gasteiger partial charge in [0.1, 0.15) is 16.4 Å². The molecule has 2 heterocycles. The lowest BCUT2D eigenvalue weighted by Crippen LogP contribution is -2.32. The molecule has 1 aliphatic rings. The molecular formula is C18H17N3O6S. The number of aliphatic imine (C=N–C) groups is 1. The molecule has 0 aliphatic carbocycles. The third-order valence-electron chi connectivity index (χ3n) is 3.77. The van der Waals surface area contributed by atoms with E-state index in [0.29, 0.717) is 34.7 Å². The smallest absolute Gasteiger partial charge is 0.433 e. The van der Waals surface area contributed by atoms with Gasteiger partial charge in [0.05, 0.1) is 36.9 Å². The van der Waals surface area contributed by atoms with Crippen molar-refractivity contribution in [3.8, 4) is 5.75 Å². The van der Waals surface area contributed by atoms with E-state index in [9.17, 15) is 14.9 Å². The quantitative estimate of drug-likeness (QED) is 0.396. The zero-order valence-electron chi connectivity index (χ0n) is 15.2. The van der Waals surface area contributed by atoms with Crippen LogP contribution in [-0.4, -0.2) is 48.3 Å². The van der Waals surface area contributed by atoms with Crippen molar-refractivity contribution < 1.29 is 23.6 Å². The van der Waals surface area contributed by atoms with Crippen LogP contribution in [0.15, 0.2) is 50.7 Å². The molecule has 3 rings (SSSR count). The molecule has 1 fully saturated rings. The van der Waals surface area contributed by atoms with E-state index in [1.54, 1.807) is 38.5 Å². The SMILES string of the molecule is COCCN1C(=O)/C(=C/c2ccc([N+](=O)[O-])o2)SC1=Nc1ccc(OC)cc1. The van der Waals surface area contributed by atoms with Gasteiger partial charge >= 0.3 is 5.88 Å².